The molecule has 0 unspecified atom stereocenters. The second-order valence-corrected chi connectivity index (χ2v) is 15.6. The van der Waals surface area contributed by atoms with Gasteiger partial charge in [0.25, 0.3) is 5.92 Å². The lowest BCUT2D eigenvalue weighted by Gasteiger charge is -2.50. The normalized spacial score (nSPS) is 20.0. The van der Waals surface area contributed by atoms with Crippen LogP contribution in [0.4, 0.5) is 20.3 Å². The number of fused-ring (bicyclic) bond motifs is 1. The lowest BCUT2D eigenvalue weighted by molar-refractivity contribution is -0.117. The summed E-state index contributed by atoms with van der Waals surface area (Å²) in [4.78, 5) is 45.7. The van der Waals surface area contributed by atoms with Crippen LogP contribution in [0.2, 0.25) is 0 Å². The summed E-state index contributed by atoms with van der Waals surface area (Å²) in [5, 5.41) is 0. The first-order valence-electron chi connectivity index (χ1n) is 18.7. The van der Waals surface area contributed by atoms with E-state index in [4.69, 9.17) is 15.2 Å². The van der Waals surface area contributed by atoms with Crippen molar-refractivity contribution >= 4 is 28.6 Å². The number of anilines is 2. The zero-order valence-corrected chi connectivity index (χ0v) is 31.1. The first-order valence-corrected chi connectivity index (χ1v) is 18.7. The number of nitrogen functional groups attached to an aromatic ring is 1. The minimum atomic E-state index is -3.20. The predicted molar refractivity (Wildman–Crippen MR) is 204 cm³/mol. The zero-order chi connectivity index (χ0) is 38.5. The van der Waals surface area contributed by atoms with Gasteiger partial charge in [-0.1, -0.05) is 18.2 Å². The third-order valence-corrected chi connectivity index (χ3v) is 10.8. The van der Waals surface area contributed by atoms with Crippen LogP contribution in [0, 0.1) is 0 Å². The number of carbonyl (C=O) groups is 1. The smallest absolute Gasteiger partial charge is 0.357 e. The van der Waals surface area contributed by atoms with E-state index in [1.165, 1.54) is 10.9 Å². The van der Waals surface area contributed by atoms with Gasteiger partial charge in [-0.05, 0) is 88.6 Å². The van der Waals surface area contributed by atoms with Gasteiger partial charge in [0.2, 0.25) is 0 Å². The number of imidazole rings is 1. The summed E-state index contributed by atoms with van der Waals surface area (Å²) >= 11 is 0. The van der Waals surface area contributed by atoms with Crippen LogP contribution in [0.1, 0.15) is 56.6 Å². The van der Waals surface area contributed by atoms with Crippen molar-refractivity contribution < 1.29 is 23.0 Å². The van der Waals surface area contributed by atoms with Gasteiger partial charge in [-0.2, -0.15) is 0 Å². The third-order valence-electron chi connectivity index (χ3n) is 10.8. The molecule has 6 heterocycles. The SMILES string of the molecule is CC(C)(C)OC(=O)c1ccc(N2CC(N3CCC(N4CC[C@@H](n5c(=O)n(-c6ccc(Oc7ccccc7)cc6)c6c(N)ncnc65)C(F)(F)C4)CC3)C2)cn1. The Morgan fingerprint density at radius 3 is 2.16 bits per heavy atom. The fourth-order valence-electron chi connectivity index (χ4n) is 8.00. The highest BCUT2D eigenvalue weighted by Gasteiger charge is 2.49. The zero-order valence-electron chi connectivity index (χ0n) is 31.1. The number of halogens is 2. The van der Waals surface area contributed by atoms with E-state index in [-0.39, 0.29) is 35.1 Å². The molecule has 0 radical (unpaired) electrons. The molecule has 3 aliphatic heterocycles. The Hall–Kier alpha value is -5.41. The number of benzene rings is 2. The standard InChI is InChI=1S/C40H45F2N9O4/c1-39(2,3)55-37(52)32-14-11-28(21-44-32)49-22-29(23-49)47-18-15-26(16-19-47)48-20-17-33(40(41,42)24-48)51-36-34(35(43)45-25-46-36)50(38(51)53)27-9-12-31(13-10-27)54-30-7-5-4-6-8-30/h4-14,21,25-26,29,33H,15-20,22-24H2,1-3H3,(H2,43,45,46)/t33-/m1/s1. The van der Waals surface area contributed by atoms with Crippen molar-refractivity contribution in [1.82, 2.24) is 33.9 Å². The molecule has 2 aromatic carbocycles. The molecule has 0 amide bonds. The lowest BCUT2D eigenvalue weighted by atomic mass is 9.94. The Bertz CT molecular complexity index is 2210. The number of ether oxygens (including phenoxy) is 2. The molecule has 3 saturated heterocycles. The highest BCUT2D eigenvalue weighted by Crippen LogP contribution is 2.40. The van der Waals surface area contributed by atoms with E-state index in [9.17, 15) is 9.59 Å². The molecule has 5 aromatic rings. The molecule has 3 fully saturated rings. The summed E-state index contributed by atoms with van der Waals surface area (Å²) in [6.45, 7) is 8.77. The molecule has 15 heteroatoms. The van der Waals surface area contributed by atoms with Gasteiger partial charge < -0.3 is 20.1 Å². The Balaban J connectivity index is 0.901. The third kappa shape index (κ3) is 7.37. The molecule has 0 saturated carbocycles. The van der Waals surface area contributed by atoms with Crippen molar-refractivity contribution in [2.45, 2.75) is 69.7 Å². The number of nitrogens with two attached hydrogens (primary N) is 1. The summed E-state index contributed by atoms with van der Waals surface area (Å²) in [5.41, 5.74) is 6.98. The van der Waals surface area contributed by atoms with Crippen molar-refractivity contribution in [3.8, 4) is 17.2 Å². The van der Waals surface area contributed by atoms with E-state index in [1.807, 2.05) is 62.1 Å². The molecule has 13 nitrogen and oxygen atoms in total. The monoisotopic (exact) mass is 753 g/mol. The second kappa shape index (κ2) is 14.3. The average Bonchev–Trinajstić information content (AvgIpc) is 3.43. The summed E-state index contributed by atoms with van der Waals surface area (Å²) < 4.78 is 46.4. The fraction of sp³-hybridized carbons (Fsp3) is 0.425. The molecule has 55 heavy (non-hydrogen) atoms. The number of aromatic nitrogens is 5. The van der Waals surface area contributed by atoms with Gasteiger partial charge in [0, 0.05) is 44.8 Å². The van der Waals surface area contributed by atoms with Crippen LogP contribution in [0.15, 0.2) is 84.0 Å². The number of nitrogens with zero attached hydrogens (tertiary/aromatic N) is 8. The van der Waals surface area contributed by atoms with Gasteiger partial charge in [-0.3, -0.25) is 18.9 Å². The second-order valence-electron chi connectivity index (χ2n) is 15.6. The van der Waals surface area contributed by atoms with E-state index in [2.05, 4.69) is 24.8 Å². The first-order chi connectivity index (χ1) is 26.3. The number of pyridine rings is 1. The predicted octanol–water partition coefficient (Wildman–Crippen LogP) is 5.54. The molecule has 3 aromatic heterocycles. The van der Waals surface area contributed by atoms with Gasteiger partial charge in [0.05, 0.1) is 24.1 Å². The van der Waals surface area contributed by atoms with E-state index in [1.54, 1.807) is 36.5 Å². The Labute approximate surface area is 317 Å². The van der Waals surface area contributed by atoms with Crippen LogP contribution in [0.5, 0.6) is 11.5 Å². The Morgan fingerprint density at radius 2 is 1.51 bits per heavy atom. The van der Waals surface area contributed by atoms with Gasteiger partial charge in [0.15, 0.2) is 11.5 Å². The number of esters is 1. The first kappa shape index (κ1) is 36.6. The summed E-state index contributed by atoms with van der Waals surface area (Å²) in [5.74, 6) is -2.41. The number of piperidine rings is 2. The number of hydrogen-bond donors (Lipinski definition) is 1. The molecule has 288 valence electrons. The maximum Gasteiger partial charge on any atom is 0.357 e. The van der Waals surface area contributed by atoms with Crippen molar-refractivity contribution in [1.29, 1.82) is 0 Å². The lowest BCUT2D eigenvalue weighted by Crippen LogP contribution is -2.62. The molecular formula is C40H45F2N9O4. The van der Waals surface area contributed by atoms with Crippen LogP contribution < -0.4 is 21.1 Å². The maximum atomic E-state index is 16.3. The topological polar surface area (TPSA) is 137 Å². The molecule has 8 rings (SSSR count). The van der Waals surface area contributed by atoms with Crippen LogP contribution in [0.25, 0.3) is 16.9 Å². The number of alkyl halides is 2. The molecular weight excluding hydrogens is 708 g/mol. The van der Waals surface area contributed by atoms with Crippen LogP contribution in [-0.2, 0) is 4.74 Å². The van der Waals surface area contributed by atoms with Crippen molar-refractivity contribution in [2.75, 3.05) is 49.9 Å². The Morgan fingerprint density at radius 1 is 0.836 bits per heavy atom. The number of likely N-dealkylation sites (tertiary alicyclic amines) is 2. The minimum absolute atomic E-state index is 0.0245. The number of hydrogen-bond acceptors (Lipinski definition) is 11. The van der Waals surface area contributed by atoms with Crippen molar-refractivity contribution in [3.05, 3.63) is 95.4 Å². The number of carbonyl (C=O) groups excluding carboxylic acids is 1. The van der Waals surface area contributed by atoms with Crippen LogP contribution >= 0.6 is 0 Å². The quantitative estimate of drug-likeness (QED) is 0.200. The van der Waals surface area contributed by atoms with Crippen molar-refractivity contribution in [3.63, 3.8) is 0 Å². The number of rotatable bonds is 8. The van der Waals surface area contributed by atoms with E-state index >= 15 is 8.78 Å². The molecule has 2 N–H and O–H groups in total. The molecule has 0 aliphatic carbocycles. The number of para-hydroxylation sites is 1. The molecule has 1 atom stereocenters. The molecule has 0 bridgehead atoms. The van der Waals surface area contributed by atoms with E-state index < -0.39 is 35.8 Å². The van der Waals surface area contributed by atoms with Gasteiger partial charge in [-0.15, -0.1) is 0 Å². The average molecular weight is 754 g/mol. The maximum absolute atomic E-state index is 16.3. The van der Waals surface area contributed by atoms with Gasteiger partial charge in [0.1, 0.15) is 40.7 Å². The molecule has 0 spiro atoms. The molecule has 3 aliphatic rings. The van der Waals surface area contributed by atoms with E-state index in [0.717, 1.165) is 49.3 Å². The van der Waals surface area contributed by atoms with Crippen LogP contribution in [0.3, 0.4) is 0 Å². The fourth-order valence-corrected chi connectivity index (χ4v) is 8.00. The minimum Gasteiger partial charge on any atom is -0.457 e. The summed E-state index contributed by atoms with van der Waals surface area (Å²) in [7, 11) is 0. The highest BCUT2D eigenvalue weighted by atomic mass is 19.3. The largest absolute Gasteiger partial charge is 0.457 e. The van der Waals surface area contributed by atoms with Crippen LogP contribution in [-0.4, -0.2) is 103 Å². The Kier molecular flexibility index (Phi) is 9.53. The summed E-state index contributed by atoms with van der Waals surface area (Å²) in [6.07, 6.45) is 4.57. The van der Waals surface area contributed by atoms with Crippen molar-refractivity contribution in [2.24, 2.45) is 0 Å². The highest BCUT2D eigenvalue weighted by molar-refractivity contribution is 5.88. The summed E-state index contributed by atoms with van der Waals surface area (Å²) in [6, 6.07) is 18.7. The van der Waals surface area contributed by atoms with Gasteiger partial charge >= 0.3 is 11.7 Å². The van der Waals surface area contributed by atoms with E-state index in [0.29, 0.717) is 29.8 Å². The van der Waals surface area contributed by atoms with Gasteiger partial charge in [-0.25, -0.2) is 33.3 Å².